The molecule has 0 aromatic heterocycles. The molecule has 1 N–H and O–H groups in total. The van der Waals surface area contributed by atoms with Crippen molar-refractivity contribution in [3.8, 4) is 5.75 Å². The molecule has 32 heavy (non-hydrogen) atoms. The molecule has 0 atom stereocenters. The maximum Gasteiger partial charge on any atom is 0.247 e. The van der Waals surface area contributed by atoms with Gasteiger partial charge in [0.15, 0.2) is 11.6 Å². The molecule has 0 unspecified atom stereocenters. The molecule has 9 heteroatoms. The number of carbonyl (C=O) groups is 1. The van der Waals surface area contributed by atoms with Crippen LogP contribution in [-0.4, -0.2) is 32.3 Å². The molecule has 6 nitrogen and oxygen atoms in total. The molecule has 0 aliphatic heterocycles. The number of halogens is 2. The lowest BCUT2D eigenvalue weighted by Crippen LogP contribution is -2.37. The predicted octanol–water partition coefficient (Wildman–Crippen LogP) is 4.11. The Kier molecular flexibility index (Phi) is 7.22. The zero-order chi connectivity index (χ0) is 23.3. The smallest absolute Gasteiger partial charge is 0.247 e. The predicted molar refractivity (Wildman–Crippen MR) is 117 cm³/mol. The molecule has 0 aliphatic rings. The highest BCUT2D eigenvalue weighted by Gasteiger charge is 2.30. The molecule has 0 saturated heterocycles. The van der Waals surface area contributed by atoms with E-state index in [2.05, 4.69) is 5.32 Å². The van der Waals surface area contributed by atoms with Crippen molar-refractivity contribution >= 4 is 21.6 Å². The summed E-state index contributed by atoms with van der Waals surface area (Å²) < 4.78 is 59.9. The van der Waals surface area contributed by atoms with Crippen LogP contribution < -0.4 is 10.1 Å². The minimum absolute atomic E-state index is 0.0131. The fourth-order valence-electron chi connectivity index (χ4n) is 3.07. The molecule has 3 aromatic carbocycles. The van der Waals surface area contributed by atoms with Crippen molar-refractivity contribution in [3.63, 3.8) is 0 Å². The van der Waals surface area contributed by atoms with Gasteiger partial charge in [0, 0.05) is 18.3 Å². The molecule has 0 bridgehead atoms. The number of hydrogen-bond acceptors (Lipinski definition) is 4. The van der Waals surface area contributed by atoms with Gasteiger partial charge in [-0.25, -0.2) is 17.2 Å². The lowest BCUT2D eigenvalue weighted by molar-refractivity contribution is -0.116. The number of ether oxygens (including phenoxy) is 1. The fourth-order valence-corrected chi connectivity index (χ4v) is 4.70. The van der Waals surface area contributed by atoms with Crippen LogP contribution in [0.3, 0.4) is 0 Å². The Bertz CT molecular complexity index is 1220. The van der Waals surface area contributed by atoms with Crippen LogP contribution in [0.5, 0.6) is 5.75 Å². The van der Waals surface area contributed by atoms with Crippen molar-refractivity contribution in [3.05, 3.63) is 89.5 Å². The number of sulfonamides is 1. The van der Waals surface area contributed by atoms with E-state index in [0.29, 0.717) is 11.1 Å². The zero-order valence-corrected chi connectivity index (χ0v) is 18.3. The van der Waals surface area contributed by atoms with E-state index >= 15 is 0 Å². The Labute approximate surface area is 185 Å². The number of rotatable bonds is 8. The summed E-state index contributed by atoms with van der Waals surface area (Å²) in [5.74, 6) is -2.74. The Hall–Kier alpha value is -3.30. The van der Waals surface area contributed by atoms with Crippen LogP contribution in [0.4, 0.5) is 14.5 Å². The van der Waals surface area contributed by atoms with E-state index < -0.39 is 34.1 Å². The normalized spacial score (nSPS) is 11.4. The molecule has 0 spiro atoms. The molecule has 3 aromatic rings. The van der Waals surface area contributed by atoms with Gasteiger partial charge in [-0.1, -0.05) is 36.4 Å². The lowest BCUT2D eigenvalue weighted by atomic mass is 10.2. The van der Waals surface area contributed by atoms with Crippen LogP contribution in [-0.2, 0) is 21.4 Å². The van der Waals surface area contributed by atoms with Crippen LogP contribution >= 0.6 is 0 Å². The highest BCUT2D eigenvalue weighted by molar-refractivity contribution is 7.89. The van der Waals surface area contributed by atoms with E-state index in [4.69, 9.17) is 4.74 Å². The average molecular weight is 461 g/mol. The third-order valence-electron chi connectivity index (χ3n) is 4.66. The first-order valence-corrected chi connectivity index (χ1v) is 11.1. The molecule has 168 valence electrons. The van der Waals surface area contributed by atoms with Gasteiger partial charge in [0.1, 0.15) is 10.6 Å². The maximum atomic E-state index is 13.5. The maximum absolute atomic E-state index is 13.5. The van der Waals surface area contributed by atoms with Gasteiger partial charge >= 0.3 is 0 Å². The average Bonchev–Trinajstić information content (AvgIpc) is 2.76. The molecule has 0 radical (unpaired) electrons. The van der Waals surface area contributed by atoms with Crippen molar-refractivity contribution in [2.24, 2.45) is 0 Å². The van der Waals surface area contributed by atoms with Crippen LogP contribution in [0.2, 0.25) is 0 Å². The van der Waals surface area contributed by atoms with E-state index in [1.54, 1.807) is 49.4 Å². The Morgan fingerprint density at radius 3 is 2.38 bits per heavy atom. The SMILES string of the molecule is COc1ccc(C)cc1S(=O)(=O)N(CC(=O)Nc1ccc(F)c(F)c1)Cc1ccccc1. The van der Waals surface area contributed by atoms with E-state index in [9.17, 15) is 22.0 Å². The van der Waals surface area contributed by atoms with Crippen molar-refractivity contribution in [1.29, 1.82) is 0 Å². The summed E-state index contributed by atoms with van der Waals surface area (Å²) in [6.07, 6.45) is 0. The second-order valence-corrected chi connectivity index (χ2v) is 9.00. The van der Waals surface area contributed by atoms with E-state index in [1.807, 2.05) is 0 Å². The summed E-state index contributed by atoms with van der Waals surface area (Å²) in [4.78, 5) is 12.6. The molecule has 0 heterocycles. The summed E-state index contributed by atoms with van der Waals surface area (Å²) in [6.45, 7) is 1.12. The van der Waals surface area contributed by atoms with E-state index in [0.717, 1.165) is 16.4 Å². The number of hydrogen-bond donors (Lipinski definition) is 1. The van der Waals surface area contributed by atoms with E-state index in [1.165, 1.54) is 19.2 Å². The third-order valence-corrected chi connectivity index (χ3v) is 6.47. The quantitative estimate of drug-likeness (QED) is 0.549. The number of nitrogens with zero attached hydrogens (tertiary/aromatic N) is 1. The summed E-state index contributed by atoms with van der Waals surface area (Å²) >= 11 is 0. The number of methoxy groups -OCH3 is 1. The summed E-state index contributed by atoms with van der Waals surface area (Å²) in [7, 11) is -2.79. The summed E-state index contributed by atoms with van der Waals surface area (Å²) in [5, 5.41) is 2.41. The highest BCUT2D eigenvalue weighted by Crippen LogP contribution is 2.29. The van der Waals surface area contributed by atoms with Crippen molar-refractivity contribution in [2.45, 2.75) is 18.4 Å². The second-order valence-electron chi connectivity index (χ2n) is 7.09. The third kappa shape index (κ3) is 5.49. The number of carbonyl (C=O) groups excluding carboxylic acids is 1. The monoisotopic (exact) mass is 460 g/mol. The van der Waals surface area contributed by atoms with Gasteiger partial charge in [-0.3, -0.25) is 4.79 Å². The van der Waals surface area contributed by atoms with Crippen molar-refractivity contribution in [2.75, 3.05) is 19.0 Å². The van der Waals surface area contributed by atoms with Crippen molar-refractivity contribution < 1.29 is 26.7 Å². The first-order chi connectivity index (χ1) is 15.2. The van der Waals surface area contributed by atoms with Gasteiger partial charge in [-0.05, 0) is 42.3 Å². The topological polar surface area (TPSA) is 75.7 Å². The van der Waals surface area contributed by atoms with Crippen LogP contribution in [0.25, 0.3) is 0 Å². The number of nitrogens with one attached hydrogen (secondary N) is 1. The molecule has 1 amide bonds. The molecular weight excluding hydrogens is 438 g/mol. The highest BCUT2D eigenvalue weighted by atomic mass is 32.2. The number of anilines is 1. The standard InChI is InChI=1S/C23H22F2N2O4S/c1-16-8-11-21(31-2)22(12-16)32(29,30)27(14-17-6-4-3-5-7-17)15-23(28)26-18-9-10-19(24)20(25)13-18/h3-13H,14-15H2,1-2H3,(H,26,28). The number of benzene rings is 3. The van der Waals surface area contributed by atoms with E-state index in [-0.39, 0.29) is 22.9 Å². The summed E-state index contributed by atoms with van der Waals surface area (Å²) in [5.41, 5.74) is 1.39. The van der Waals surface area contributed by atoms with Crippen LogP contribution in [0, 0.1) is 18.6 Å². The number of aryl methyl sites for hydroxylation is 1. The molecular formula is C23H22F2N2O4S. The minimum Gasteiger partial charge on any atom is -0.495 e. The molecule has 0 aliphatic carbocycles. The van der Waals surface area contributed by atoms with Crippen LogP contribution in [0.1, 0.15) is 11.1 Å². The van der Waals surface area contributed by atoms with Gasteiger partial charge in [-0.15, -0.1) is 0 Å². The largest absolute Gasteiger partial charge is 0.495 e. The van der Waals surface area contributed by atoms with Gasteiger partial charge in [0.2, 0.25) is 15.9 Å². The van der Waals surface area contributed by atoms with Crippen LogP contribution in [0.15, 0.2) is 71.6 Å². The molecule has 0 fully saturated rings. The first kappa shape index (κ1) is 23.4. The number of amides is 1. The fraction of sp³-hybridized carbons (Fsp3) is 0.174. The summed E-state index contributed by atoms with van der Waals surface area (Å²) in [6, 6.07) is 16.4. The molecule has 0 saturated carbocycles. The van der Waals surface area contributed by atoms with Gasteiger partial charge < -0.3 is 10.1 Å². The van der Waals surface area contributed by atoms with Gasteiger partial charge in [0.05, 0.1) is 13.7 Å². The van der Waals surface area contributed by atoms with Crippen molar-refractivity contribution in [1.82, 2.24) is 4.31 Å². The minimum atomic E-state index is -4.15. The van der Waals surface area contributed by atoms with Gasteiger partial charge in [0.25, 0.3) is 0 Å². The van der Waals surface area contributed by atoms with Gasteiger partial charge in [-0.2, -0.15) is 4.31 Å². The Morgan fingerprint density at radius 2 is 1.72 bits per heavy atom. The zero-order valence-electron chi connectivity index (χ0n) is 17.5. The molecule has 3 rings (SSSR count). The Balaban J connectivity index is 1.93. The lowest BCUT2D eigenvalue weighted by Gasteiger charge is -2.23. The first-order valence-electron chi connectivity index (χ1n) is 9.64. The Morgan fingerprint density at radius 1 is 1.00 bits per heavy atom. The second kappa shape index (κ2) is 9.88.